The summed E-state index contributed by atoms with van der Waals surface area (Å²) in [5.41, 5.74) is 13.0. The van der Waals surface area contributed by atoms with Crippen molar-refractivity contribution in [2.75, 3.05) is 11.5 Å². The lowest BCUT2D eigenvalue weighted by Gasteiger charge is -2.01. The van der Waals surface area contributed by atoms with Crippen LogP contribution in [0.4, 0.5) is 11.4 Å². The van der Waals surface area contributed by atoms with E-state index in [4.69, 9.17) is 11.5 Å². The maximum Gasteiger partial charge on any atom is 0.170 e. The molecule has 4 nitrogen and oxygen atoms in total. The van der Waals surface area contributed by atoms with Gasteiger partial charge in [0.25, 0.3) is 0 Å². The second kappa shape index (κ2) is 14.6. The summed E-state index contributed by atoms with van der Waals surface area (Å²) in [6, 6.07) is 7.84. The third kappa shape index (κ3) is 10.5. The van der Waals surface area contributed by atoms with E-state index < -0.39 is 0 Å². The molecule has 0 saturated heterocycles. The number of nitrogen functional groups attached to an aromatic ring is 2. The molecule has 6 heteroatoms. The number of rotatable bonds is 11. The molecule has 4 N–H and O–H groups in total. The van der Waals surface area contributed by atoms with Gasteiger partial charge in [-0.25, -0.2) is 9.13 Å². The van der Waals surface area contributed by atoms with Crippen molar-refractivity contribution in [3.8, 4) is 0 Å². The van der Waals surface area contributed by atoms with Crippen LogP contribution < -0.4 is 45.4 Å². The molecule has 0 aromatic carbocycles. The molecule has 0 aliphatic rings. The fourth-order valence-corrected chi connectivity index (χ4v) is 2.89. The summed E-state index contributed by atoms with van der Waals surface area (Å²) in [5, 5.41) is 0. The molecule has 0 spiro atoms. The number of nitrogens with two attached hydrogens (primary N) is 2. The minimum atomic E-state index is 0. The van der Waals surface area contributed by atoms with Crippen LogP contribution in [0.1, 0.15) is 51.4 Å². The van der Waals surface area contributed by atoms with Crippen molar-refractivity contribution in [1.82, 2.24) is 0 Å². The van der Waals surface area contributed by atoms with Gasteiger partial charge in [-0.15, -0.1) is 0 Å². The number of halogens is 2. The van der Waals surface area contributed by atoms with E-state index in [0.29, 0.717) is 0 Å². The first kappa shape index (κ1) is 24.5. The monoisotopic (exact) mass is 398 g/mol. The van der Waals surface area contributed by atoms with Crippen LogP contribution in [-0.4, -0.2) is 0 Å². The predicted octanol–water partition coefficient (Wildman–Crippen LogP) is -2.74. The lowest BCUT2D eigenvalue weighted by molar-refractivity contribution is -0.697. The highest BCUT2D eigenvalue weighted by atomic mass is 35.5. The first-order valence-corrected chi connectivity index (χ1v) is 9.23. The summed E-state index contributed by atoms with van der Waals surface area (Å²) in [6.45, 7) is 2.19. The van der Waals surface area contributed by atoms with Crippen molar-refractivity contribution in [1.29, 1.82) is 0 Å². The topological polar surface area (TPSA) is 59.8 Å². The number of pyridine rings is 2. The van der Waals surface area contributed by atoms with Crippen LogP contribution >= 0.6 is 0 Å². The van der Waals surface area contributed by atoms with Crippen LogP contribution in [0.2, 0.25) is 0 Å². The van der Waals surface area contributed by atoms with E-state index >= 15 is 0 Å². The van der Waals surface area contributed by atoms with Gasteiger partial charge in [0.05, 0.1) is 0 Å². The average Bonchev–Trinajstić information content (AvgIpc) is 2.60. The Hall–Kier alpha value is -1.52. The predicted molar refractivity (Wildman–Crippen MR) is 99.0 cm³/mol. The fraction of sp³-hybridized carbons (Fsp3) is 0.500. The van der Waals surface area contributed by atoms with Crippen LogP contribution in [0.3, 0.4) is 0 Å². The number of nitrogens with zero attached hydrogens (tertiary/aromatic N) is 2. The quantitative estimate of drug-likeness (QED) is 0.318. The Labute approximate surface area is 170 Å². The lowest BCUT2D eigenvalue weighted by atomic mass is 10.1. The van der Waals surface area contributed by atoms with Crippen LogP contribution in [-0.2, 0) is 13.1 Å². The summed E-state index contributed by atoms with van der Waals surface area (Å²) in [5.74, 6) is 0. The average molecular weight is 399 g/mol. The zero-order valence-electron chi connectivity index (χ0n) is 15.5. The number of hydrogen-bond donors (Lipinski definition) is 2. The Kier molecular flexibility index (Phi) is 13.8. The van der Waals surface area contributed by atoms with Crippen LogP contribution in [0, 0.1) is 0 Å². The number of aromatic nitrogens is 2. The Bertz CT molecular complexity index is 520. The van der Waals surface area contributed by atoms with Crippen molar-refractivity contribution in [3.05, 3.63) is 49.1 Å². The summed E-state index contributed by atoms with van der Waals surface area (Å²) in [6.07, 6.45) is 18.8. The minimum Gasteiger partial charge on any atom is -1.00 e. The van der Waals surface area contributed by atoms with E-state index in [1.54, 1.807) is 0 Å². The summed E-state index contributed by atoms with van der Waals surface area (Å²) in [7, 11) is 0. The Balaban J connectivity index is 0.00000312. The maximum absolute atomic E-state index is 5.69. The highest BCUT2D eigenvalue weighted by Crippen LogP contribution is 2.08. The van der Waals surface area contributed by atoms with Gasteiger partial charge < -0.3 is 36.3 Å². The van der Waals surface area contributed by atoms with Gasteiger partial charge in [0, 0.05) is 48.5 Å². The first-order valence-electron chi connectivity index (χ1n) is 9.23. The molecule has 2 aromatic rings. The third-order valence-electron chi connectivity index (χ3n) is 4.42. The molecule has 0 aliphatic carbocycles. The van der Waals surface area contributed by atoms with Gasteiger partial charge in [-0.05, 0) is 12.8 Å². The van der Waals surface area contributed by atoms with Gasteiger partial charge in [0.2, 0.25) is 0 Å². The van der Waals surface area contributed by atoms with Crippen LogP contribution in [0.25, 0.3) is 0 Å². The van der Waals surface area contributed by atoms with Crippen LogP contribution in [0.5, 0.6) is 0 Å². The Morgan fingerprint density at radius 3 is 1.08 bits per heavy atom. The SMILES string of the molecule is Nc1cc[n+](CCCCCCCCCC[n+]2ccc(N)cc2)cc1.[Cl-].[Cl-]. The highest BCUT2D eigenvalue weighted by molar-refractivity contribution is 5.32. The number of anilines is 2. The normalized spacial score (nSPS) is 10.0. The van der Waals surface area contributed by atoms with Gasteiger partial charge in [-0.3, -0.25) is 0 Å². The fourth-order valence-electron chi connectivity index (χ4n) is 2.89. The van der Waals surface area contributed by atoms with Gasteiger partial charge in [-0.1, -0.05) is 25.7 Å². The Morgan fingerprint density at radius 1 is 0.500 bits per heavy atom. The van der Waals surface area contributed by atoms with E-state index in [0.717, 1.165) is 24.5 Å². The van der Waals surface area contributed by atoms with Gasteiger partial charge in [-0.2, -0.15) is 0 Å². The second-order valence-corrected chi connectivity index (χ2v) is 6.57. The molecule has 0 unspecified atom stereocenters. The standard InChI is InChI=1S/C20H30N4.2ClH/c21-19-9-15-23(16-10-19)13-7-5-3-1-2-4-6-8-14-24-17-11-20(22)12-18-24;;/h9-12,15-18,21-22H,1-8,13-14H2;2*1H. The van der Waals surface area contributed by atoms with Gasteiger partial charge in [0.1, 0.15) is 13.1 Å². The summed E-state index contributed by atoms with van der Waals surface area (Å²) in [4.78, 5) is 0. The molecule has 0 atom stereocenters. The molecule has 26 heavy (non-hydrogen) atoms. The minimum absolute atomic E-state index is 0. The summed E-state index contributed by atoms with van der Waals surface area (Å²) >= 11 is 0. The smallest absolute Gasteiger partial charge is 0.170 e. The molecule has 0 saturated carbocycles. The first-order chi connectivity index (χ1) is 11.7. The van der Waals surface area contributed by atoms with Crippen molar-refractivity contribution in [2.24, 2.45) is 0 Å². The second-order valence-electron chi connectivity index (χ2n) is 6.57. The molecule has 0 aliphatic heterocycles. The van der Waals surface area contributed by atoms with E-state index in [1.165, 1.54) is 51.4 Å². The van der Waals surface area contributed by atoms with E-state index in [-0.39, 0.29) is 24.8 Å². The number of aryl methyl sites for hydroxylation is 2. The molecular weight excluding hydrogens is 367 g/mol. The lowest BCUT2D eigenvalue weighted by Crippen LogP contribution is -3.00. The van der Waals surface area contributed by atoms with Crippen molar-refractivity contribution in [3.63, 3.8) is 0 Å². The summed E-state index contributed by atoms with van der Waals surface area (Å²) < 4.78 is 4.43. The van der Waals surface area contributed by atoms with Crippen molar-refractivity contribution in [2.45, 2.75) is 64.5 Å². The molecule has 0 bridgehead atoms. The number of unbranched alkanes of at least 4 members (excludes halogenated alkanes) is 7. The van der Waals surface area contributed by atoms with E-state index in [2.05, 4.69) is 33.9 Å². The maximum atomic E-state index is 5.69. The third-order valence-corrected chi connectivity index (χ3v) is 4.42. The zero-order chi connectivity index (χ0) is 17.0. The number of hydrogen-bond acceptors (Lipinski definition) is 2. The molecular formula is C20H32Cl2N4. The van der Waals surface area contributed by atoms with E-state index in [1.807, 2.05) is 24.3 Å². The zero-order valence-corrected chi connectivity index (χ0v) is 17.0. The van der Waals surface area contributed by atoms with Crippen LogP contribution in [0.15, 0.2) is 49.1 Å². The highest BCUT2D eigenvalue weighted by Gasteiger charge is 2.01. The van der Waals surface area contributed by atoms with Gasteiger partial charge >= 0.3 is 0 Å². The van der Waals surface area contributed by atoms with Gasteiger partial charge in [0.15, 0.2) is 24.8 Å². The molecule has 2 aromatic heterocycles. The molecule has 0 amide bonds. The Morgan fingerprint density at radius 2 is 0.769 bits per heavy atom. The van der Waals surface area contributed by atoms with Crippen molar-refractivity contribution < 1.29 is 33.9 Å². The largest absolute Gasteiger partial charge is 1.00 e. The molecule has 146 valence electrons. The molecule has 2 heterocycles. The van der Waals surface area contributed by atoms with E-state index in [9.17, 15) is 0 Å². The molecule has 2 rings (SSSR count). The molecule has 0 radical (unpaired) electrons. The molecule has 0 fully saturated rings. The van der Waals surface area contributed by atoms with Crippen molar-refractivity contribution >= 4 is 11.4 Å².